The molecule has 126 valence electrons. The van der Waals surface area contributed by atoms with Crippen molar-refractivity contribution >= 4 is 6.41 Å². The van der Waals surface area contributed by atoms with Gasteiger partial charge in [0, 0.05) is 18.5 Å². The lowest BCUT2D eigenvalue weighted by molar-refractivity contribution is -0.137. The lowest BCUT2D eigenvalue weighted by atomic mass is 9.68. The quantitative estimate of drug-likeness (QED) is 0.791. The van der Waals surface area contributed by atoms with Gasteiger partial charge < -0.3 is 9.64 Å². The molecule has 6 heteroatoms. The molecule has 0 unspecified atom stereocenters. The second kappa shape index (κ2) is 5.73. The van der Waals surface area contributed by atoms with Gasteiger partial charge >= 0.3 is 6.18 Å². The van der Waals surface area contributed by atoms with E-state index < -0.39 is 11.7 Å². The van der Waals surface area contributed by atoms with E-state index in [-0.39, 0.29) is 11.5 Å². The van der Waals surface area contributed by atoms with Gasteiger partial charge in [0.15, 0.2) is 0 Å². The van der Waals surface area contributed by atoms with Crippen molar-refractivity contribution in [1.29, 1.82) is 0 Å². The molecule has 3 rings (SSSR count). The summed E-state index contributed by atoms with van der Waals surface area (Å²) in [4.78, 5) is 12.5. The van der Waals surface area contributed by atoms with E-state index in [1.165, 1.54) is 6.07 Å². The highest BCUT2D eigenvalue weighted by Gasteiger charge is 2.45. The second-order valence-corrected chi connectivity index (χ2v) is 6.81. The van der Waals surface area contributed by atoms with Crippen LogP contribution in [0.5, 0.6) is 5.75 Å². The van der Waals surface area contributed by atoms with Crippen LogP contribution in [0.3, 0.4) is 0 Å². The summed E-state index contributed by atoms with van der Waals surface area (Å²) >= 11 is 0. The molecule has 1 aromatic rings. The van der Waals surface area contributed by atoms with Crippen LogP contribution in [0.1, 0.15) is 36.8 Å². The number of ether oxygens (including phenoxy) is 1. The first kappa shape index (κ1) is 16.1. The first-order valence-electron chi connectivity index (χ1n) is 7.85. The normalized spacial score (nSPS) is 21.1. The van der Waals surface area contributed by atoms with Gasteiger partial charge in [-0.2, -0.15) is 13.2 Å². The Morgan fingerprint density at radius 1 is 1.26 bits per heavy atom. The maximum Gasteiger partial charge on any atom is 0.416 e. The molecular weight excluding hydrogens is 307 g/mol. The highest BCUT2D eigenvalue weighted by molar-refractivity contribution is 5.49. The van der Waals surface area contributed by atoms with Gasteiger partial charge in [-0.1, -0.05) is 0 Å². The van der Waals surface area contributed by atoms with Crippen LogP contribution < -0.4 is 4.74 Å². The standard InChI is InChI=1S/C17H20F3NO2/c1-12-8-13(17(18,19)20)2-3-15(12)23-14-4-6-16(7-5-14)9-21(10-16)11-22/h2-3,8,11,14H,4-7,9-10H2,1H3. The van der Waals surface area contributed by atoms with Gasteiger partial charge in [0.2, 0.25) is 6.41 Å². The topological polar surface area (TPSA) is 29.5 Å². The van der Waals surface area contributed by atoms with Crippen LogP contribution in [0.2, 0.25) is 0 Å². The van der Waals surface area contributed by atoms with Crippen molar-refractivity contribution < 1.29 is 22.7 Å². The number of aryl methyl sites for hydroxylation is 1. The number of halogens is 3. The fourth-order valence-electron chi connectivity index (χ4n) is 3.67. The number of amides is 1. The smallest absolute Gasteiger partial charge is 0.416 e. The molecule has 1 heterocycles. The van der Waals surface area contributed by atoms with E-state index in [0.29, 0.717) is 11.3 Å². The fourth-order valence-corrected chi connectivity index (χ4v) is 3.67. The van der Waals surface area contributed by atoms with Gasteiger partial charge in [0.05, 0.1) is 11.7 Å². The molecule has 2 aliphatic rings. The Balaban J connectivity index is 1.58. The third kappa shape index (κ3) is 3.31. The molecule has 0 N–H and O–H groups in total. The van der Waals surface area contributed by atoms with Crippen LogP contribution >= 0.6 is 0 Å². The molecule has 1 aromatic carbocycles. The van der Waals surface area contributed by atoms with Crippen molar-refractivity contribution in [2.45, 2.75) is 44.9 Å². The predicted octanol–water partition coefficient (Wildman–Crippen LogP) is 3.79. The molecule has 1 aliphatic heterocycles. The Bertz CT molecular complexity index is 584. The first-order valence-corrected chi connectivity index (χ1v) is 7.85. The van der Waals surface area contributed by atoms with Crippen molar-refractivity contribution in [2.24, 2.45) is 5.41 Å². The largest absolute Gasteiger partial charge is 0.490 e. The monoisotopic (exact) mass is 327 g/mol. The minimum absolute atomic E-state index is 0.0429. The van der Waals surface area contributed by atoms with Crippen molar-refractivity contribution in [3.8, 4) is 5.75 Å². The molecule has 1 aliphatic carbocycles. The number of hydrogen-bond donors (Lipinski definition) is 0. The molecule has 0 bridgehead atoms. The molecule has 3 nitrogen and oxygen atoms in total. The zero-order valence-electron chi connectivity index (χ0n) is 13.0. The molecule has 0 aromatic heterocycles. The number of alkyl halides is 3. The number of hydrogen-bond acceptors (Lipinski definition) is 2. The fraction of sp³-hybridized carbons (Fsp3) is 0.588. The number of likely N-dealkylation sites (tertiary alicyclic amines) is 1. The third-order valence-electron chi connectivity index (χ3n) is 5.02. The first-order chi connectivity index (χ1) is 10.8. The maximum absolute atomic E-state index is 12.7. The summed E-state index contributed by atoms with van der Waals surface area (Å²) in [5.41, 5.74) is 0.111. The van der Waals surface area contributed by atoms with E-state index >= 15 is 0 Å². The number of nitrogens with zero attached hydrogens (tertiary/aromatic N) is 1. The van der Waals surface area contributed by atoms with Crippen LogP contribution in [0.25, 0.3) is 0 Å². The summed E-state index contributed by atoms with van der Waals surface area (Å²) < 4.78 is 44.0. The zero-order chi connectivity index (χ0) is 16.7. The zero-order valence-corrected chi connectivity index (χ0v) is 13.0. The van der Waals surface area contributed by atoms with Crippen molar-refractivity contribution in [2.75, 3.05) is 13.1 Å². The summed E-state index contributed by atoms with van der Waals surface area (Å²) in [6.45, 7) is 3.29. The summed E-state index contributed by atoms with van der Waals surface area (Å²) in [5.74, 6) is 0.530. The van der Waals surface area contributed by atoms with Gasteiger partial charge in [0.25, 0.3) is 0 Å². The Labute approximate surface area is 133 Å². The van der Waals surface area contributed by atoms with Crippen LogP contribution in [-0.2, 0) is 11.0 Å². The van der Waals surface area contributed by atoms with Gasteiger partial charge in [0.1, 0.15) is 5.75 Å². The molecule has 0 radical (unpaired) electrons. The van der Waals surface area contributed by atoms with E-state index in [4.69, 9.17) is 4.74 Å². The molecule has 1 amide bonds. The van der Waals surface area contributed by atoms with Crippen molar-refractivity contribution in [3.63, 3.8) is 0 Å². The molecule has 1 spiro atoms. The van der Waals surface area contributed by atoms with E-state index in [0.717, 1.165) is 57.3 Å². The summed E-state index contributed by atoms with van der Waals surface area (Å²) in [7, 11) is 0. The van der Waals surface area contributed by atoms with Gasteiger partial charge in [-0.3, -0.25) is 4.79 Å². The minimum Gasteiger partial charge on any atom is -0.490 e. The molecule has 23 heavy (non-hydrogen) atoms. The number of carbonyl (C=O) groups excluding carboxylic acids is 1. The third-order valence-corrected chi connectivity index (χ3v) is 5.02. The van der Waals surface area contributed by atoms with Crippen LogP contribution in [0.15, 0.2) is 18.2 Å². The lowest BCUT2D eigenvalue weighted by Gasteiger charge is -2.52. The van der Waals surface area contributed by atoms with Crippen LogP contribution in [0.4, 0.5) is 13.2 Å². The highest BCUT2D eigenvalue weighted by Crippen LogP contribution is 2.44. The Morgan fingerprint density at radius 3 is 2.43 bits per heavy atom. The van der Waals surface area contributed by atoms with E-state index in [1.54, 1.807) is 11.8 Å². The average molecular weight is 327 g/mol. The van der Waals surface area contributed by atoms with E-state index in [2.05, 4.69) is 0 Å². The second-order valence-electron chi connectivity index (χ2n) is 6.81. The van der Waals surface area contributed by atoms with Gasteiger partial charge in [-0.05, 0) is 56.4 Å². The Morgan fingerprint density at radius 2 is 1.91 bits per heavy atom. The van der Waals surface area contributed by atoms with Gasteiger partial charge in [-0.25, -0.2) is 0 Å². The number of rotatable bonds is 3. The molecule has 1 saturated carbocycles. The molecule has 2 fully saturated rings. The SMILES string of the molecule is Cc1cc(C(F)(F)F)ccc1OC1CCC2(CC1)CN(C=O)C2. The number of benzene rings is 1. The Hall–Kier alpha value is -1.72. The average Bonchev–Trinajstić information content (AvgIpc) is 2.47. The highest BCUT2D eigenvalue weighted by atomic mass is 19.4. The number of carbonyl (C=O) groups is 1. The Kier molecular flexibility index (Phi) is 4.02. The van der Waals surface area contributed by atoms with E-state index in [1.807, 2.05) is 0 Å². The van der Waals surface area contributed by atoms with Crippen LogP contribution in [-0.4, -0.2) is 30.5 Å². The van der Waals surface area contributed by atoms with Crippen LogP contribution in [0, 0.1) is 12.3 Å². The molecule has 1 saturated heterocycles. The lowest BCUT2D eigenvalue weighted by Crippen LogP contribution is -2.57. The van der Waals surface area contributed by atoms with Gasteiger partial charge in [-0.15, -0.1) is 0 Å². The molecular formula is C17H20F3NO2. The predicted molar refractivity (Wildman–Crippen MR) is 79.1 cm³/mol. The van der Waals surface area contributed by atoms with E-state index in [9.17, 15) is 18.0 Å². The summed E-state index contributed by atoms with van der Waals surface area (Å²) in [6, 6.07) is 3.62. The minimum atomic E-state index is -4.32. The summed E-state index contributed by atoms with van der Waals surface area (Å²) in [6.07, 6.45) is 0.375. The van der Waals surface area contributed by atoms with Crippen molar-refractivity contribution in [1.82, 2.24) is 4.90 Å². The summed E-state index contributed by atoms with van der Waals surface area (Å²) in [5, 5.41) is 0. The maximum atomic E-state index is 12.7. The molecule has 0 atom stereocenters. The van der Waals surface area contributed by atoms with Crippen molar-refractivity contribution in [3.05, 3.63) is 29.3 Å².